The van der Waals surface area contributed by atoms with Crippen LogP contribution >= 0.6 is 0 Å². The van der Waals surface area contributed by atoms with Gasteiger partial charge in [-0.05, 0) is 19.9 Å². The number of nitrogens with two attached hydrogens (primary N) is 1. The maximum absolute atomic E-state index is 13.0. The average Bonchev–Trinajstić information content (AvgIpc) is 2.29. The molecule has 126 valence electrons. The van der Waals surface area contributed by atoms with Crippen molar-refractivity contribution in [1.82, 2.24) is 0 Å². The van der Waals surface area contributed by atoms with Crippen LogP contribution in [-0.4, -0.2) is 23.5 Å². The summed E-state index contributed by atoms with van der Waals surface area (Å²) in [6.07, 6.45) is -9.06. The van der Waals surface area contributed by atoms with Crippen LogP contribution in [0.15, 0.2) is 12.3 Å². The van der Waals surface area contributed by atoms with Crippen LogP contribution in [0.1, 0.15) is 19.4 Å². The van der Waals surface area contributed by atoms with E-state index in [4.69, 9.17) is 10.5 Å². The number of aliphatic hydroxyl groups is 1. The zero-order valence-electron chi connectivity index (χ0n) is 11.7. The summed E-state index contributed by atoms with van der Waals surface area (Å²) in [5, 5.41) is 9.46. The van der Waals surface area contributed by atoms with Gasteiger partial charge in [0.1, 0.15) is 0 Å². The number of pyridine rings is 1. The summed E-state index contributed by atoms with van der Waals surface area (Å²) in [6.45, 7) is 0.427. The van der Waals surface area contributed by atoms with Crippen molar-refractivity contribution < 1.29 is 40.8 Å². The van der Waals surface area contributed by atoms with Crippen LogP contribution in [0.3, 0.4) is 0 Å². The van der Waals surface area contributed by atoms with Crippen molar-refractivity contribution in [2.24, 2.45) is 0 Å². The molecule has 10 heteroatoms. The van der Waals surface area contributed by atoms with Gasteiger partial charge in [-0.25, -0.2) is 0 Å². The lowest BCUT2D eigenvalue weighted by Crippen LogP contribution is -2.55. The van der Waals surface area contributed by atoms with Gasteiger partial charge in [-0.1, -0.05) is 0 Å². The van der Waals surface area contributed by atoms with Gasteiger partial charge in [-0.2, -0.15) is 30.9 Å². The highest BCUT2D eigenvalue weighted by Gasteiger charge is 2.54. The molecule has 0 saturated carbocycles. The smallest absolute Gasteiger partial charge is 0.426 e. The Bertz CT molecular complexity index is 540. The molecule has 1 aromatic heterocycles. The van der Waals surface area contributed by atoms with Gasteiger partial charge >= 0.3 is 18.2 Å². The van der Waals surface area contributed by atoms with E-state index in [-0.39, 0.29) is 6.61 Å². The normalized spacial score (nSPS) is 15.5. The molecule has 0 radical (unpaired) electrons. The maximum atomic E-state index is 13.0. The fourth-order valence-corrected chi connectivity index (χ4v) is 1.70. The molecular formula is C12H15F6N2O2+. The third kappa shape index (κ3) is 3.93. The molecule has 3 N–H and O–H groups in total. The molecule has 0 fully saturated rings. The van der Waals surface area contributed by atoms with Gasteiger partial charge in [0, 0.05) is 0 Å². The van der Waals surface area contributed by atoms with Crippen molar-refractivity contribution in [3.8, 4) is 5.88 Å². The minimum atomic E-state index is -5.04. The molecule has 0 spiro atoms. The number of hydrogen-bond donors (Lipinski definition) is 2. The fraction of sp³-hybridized carbons (Fsp3) is 0.583. The SMILES string of the molecule is CCOc1c(C(F)(F)F)cc(N)c[n+]1C[C@](C)(O)C(F)(F)F. The van der Waals surface area contributed by atoms with E-state index < -0.39 is 41.6 Å². The second kappa shape index (κ2) is 5.82. The van der Waals surface area contributed by atoms with Crippen LogP contribution in [0.25, 0.3) is 0 Å². The molecular weight excluding hydrogens is 318 g/mol. The first-order valence-corrected chi connectivity index (χ1v) is 6.11. The van der Waals surface area contributed by atoms with E-state index in [1.807, 2.05) is 0 Å². The molecule has 0 aliphatic carbocycles. The Morgan fingerprint density at radius 1 is 1.23 bits per heavy atom. The average molecular weight is 333 g/mol. The van der Waals surface area contributed by atoms with Crippen molar-refractivity contribution in [2.75, 3.05) is 12.3 Å². The van der Waals surface area contributed by atoms with Gasteiger partial charge < -0.3 is 15.6 Å². The molecule has 1 rings (SSSR count). The first kappa shape index (κ1) is 18.3. The Labute approximate surface area is 122 Å². The number of anilines is 1. The van der Waals surface area contributed by atoms with Gasteiger partial charge in [-0.15, -0.1) is 0 Å². The molecule has 1 atom stereocenters. The Morgan fingerprint density at radius 2 is 1.77 bits per heavy atom. The Hall–Kier alpha value is -1.71. The lowest BCUT2D eigenvalue weighted by atomic mass is 10.1. The van der Waals surface area contributed by atoms with Crippen LogP contribution in [0.5, 0.6) is 5.88 Å². The molecule has 0 bridgehead atoms. The van der Waals surface area contributed by atoms with Crippen LogP contribution in [0.2, 0.25) is 0 Å². The number of nitrogens with zero attached hydrogens (tertiary/aromatic N) is 1. The van der Waals surface area contributed by atoms with E-state index in [1.54, 1.807) is 0 Å². The van der Waals surface area contributed by atoms with E-state index in [0.717, 1.165) is 6.20 Å². The van der Waals surface area contributed by atoms with Crippen LogP contribution in [0, 0.1) is 0 Å². The molecule has 0 aliphatic rings. The molecule has 0 saturated heterocycles. The highest BCUT2D eigenvalue weighted by molar-refractivity contribution is 5.40. The van der Waals surface area contributed by atoms with Gasteiger partial charge in [0.05, 0.1) is 12.3 Å². The number of alkyl halides is 6. The summed E-state index contributed by atoms with van der Waals surface area (Å²) >= 11 is 0. The van der Waals surface area contributed by atoms with E-state index in [1.165, 1.54) is 6.92 Å². The van der Waals surface area contributed by atoms with E-state index in [0.29, 0.717) is 17.6 Å². The molecule has 1 aromatic rings. The van der Waals surface area contributed by atoms with Gasteiger partial charge in [0.2, 0.25) is 5.60 Å². The summed E-state index contributed by atoms with van der Waals surface area (Å²) in [4.78, 5) is 0. The van der Waals surface area contributed by atoms with Crippen LogP contribution in [0.4, 0.5) is 32.0 Å². The Morgan fingerprint density at radius 3 is 2.18 bits per heavy atom. The molecule has 22 heavy (non-hydrogen) atoms. The third-order valence-electron chi connectivity index (χ3n) is 2.78. The fourth-order valence-electron chi connectivity index (χ4n) is 1.70. The Kier molecular flexibility index (Phi) is 4.85. The van der Waals surface area contributed by atoms with Gasteiger partial charge in [-0.3, -0.25) is 0 Å². The lowest BCUT2D eigenvalue weighted by molar-refractivity contribution is -0.719. The largest absolute Gasteiger partial charge is 0.444 e. The van der Waals surface area contributed by atoms with Gasteiger partial charge in [0.15, 0.2) is 18.3 Å². The zero-order chi connectivity index (χ0) is 17.3. The predicted octanol–water partition coefficient (Wildman–Crippen LogP) is 2.29. The molecule has 0 unspecified atom stereocenters. The third-order valence-corrected chi connectivity index (χ3v) is 2.78. The molecule has 1 heterocycles. The second-order valence-corrected chi connectivity index (χ2v) is 4.82. The number of halogens is 6. The number of rotatable bonds is 4. The van der Waals surface area contributed by atoms with Crippen molar-refractivity contribution >= 4 is 5.69 Å². The topological polar surface area (TPSA) is 59.4 Å². The molecule has 0 aromatic carbocycles. The number of aromatic nitrogens is 1. The van der Waals surface area contributed by atoms with Crippen molar-refractivity contribution in [1.29, 1.82) is 0 Å². The number of nitrogen functional groups attached to an aromatic ring is 1. The maximum Gasteiger partial charge on any atom is 0.426 e. The zero-order valence-corrected chi connectivity index (χ0v) is 11.7. The van der Waals surface area contributed by atoms with Crippen molar-refractivity contribution in [2.45, 2.75) is 38.3 Å². The van der Waals surface area contributed by atoms with E-state index >= 15 is 0 Å². The van der Waals surface area contributed by atoms with Crippen molar-refractivity contribution in [3.05, 3.63) is 17.8 Å². The highest BCUT2D eigenvalue weighted by Crippen LogP contribution is 2.36. The summed E-state index contributed by atoms with van der Waals surface area (Å²) in [5.41, 5.74) is 0.339. The first-order chi connectivity index (χ1) is 9.79. The monoisotopic (exact) mass is 333 g/mol. The molecule has 0 amide bonds. The second-order valence-electron chi connectivity index (χ2n) is 4.82. The standard InChI is InChI=1S/C12H15F6N2O2/c1-3-22-9-8(11(13,14)15)4-7(19)5-20(9)6-10(2,21)12(16,17)18/h4-5,21H,3,6,19H2,1-2H3/q+1/t10-/m0/s1. The molecule has 0 aliphatic heterocycles. The summed E-state index contributed by atoms with van der Waals surface area (Å²) in [5.74, 6) is -0.839. The van der Waals surface area contributed by atoms with E-state index in [9.17, 15) is 31.4 Å². The number of hydrogen-bond acceptors (Lipinski definition) is 3. The summed E-state index contributed by atoms with van der Waals surface area (Å²) in [7, 11) is 0. The summed E-state index contributed by atoms with van der Waals surface area (Å²) in [6, 6.07) is 0.559. The van der Waals surface area contributed by atoms with Crippen molar-refractivity contribution in [3.63, 3.8) is 0 Å². The minimum Gasteiger partial charge on any atom is -0.444 e. The van der Waals surface area contributed by atoms with Crippen LogP contribution < -0.4 is 15.0 Å². The quantitative estimate of drug-likeness (QED) is 0.657. The number of ether oxygens (including phenoxy) is 1. The molecule has 4 nitrogen and oxygen atoms in total. The van der Waals surface area contributed by atoms with E-state index in [2.05, 4.69) is 0 Å². The lowest BCUT2D eigenvalue weighted by Gasteiger charge is -2.24. The van der Waals surface area contributed by atoms with Gasteiger partial charge in [0.25, 0.3) is 0 Å². The first-order valence-electron chi connectivity index (χ1n) is 6.11. The Balaban J connectivity index is 3.44. The summed E-state index contributed by atoms with van der Waals surface area (Å²) < 4.78 is 82.4. The minimum absolute atomic E-state index is 0.207. The highest BCUT2D eigenvalue weighted by atomic mass is 19.4. The predicted molar refractivity (Wildman–Crippen MR) is 63.9 cm³/mol. The van der Waals surface area contributed by atoms with Crippen LogP contribution in [-0.2, 0) is 12.7 Å².